The van der Waals surface area contributed by atoms with E-state index in [-0.39, 0.29) is 32.4 Å². The van der Waals surface area contributed by atoms with Crippen molar-refractivity contribution in [1.82, 2.24) is 53.2 Å². The Hall–Kier alpha value is -9.32. The minimum absolute atomic E-state index is 0.00222. The molecule has 19 N–H and O–H groups in total. The number of nitrogens with two attached hydrogens (primary N) is 1. The Balaban J connectivity index is 2.14. The van der Waals surface area contributed by atoms with Crippen LogP contribution in [0.25, 0.3) is 0 Å². The molecule has 0 aliphatic carbocycles. The third-order valence-corrected chi connectivity index (χ3v) is 26.0. The van der Waals surface area contributed by atoms with Crippen LogP contribution in [0.15, 0.2) is 128 Å². The molecule has 2 aliphatic heterocycles. The van der Waals surface area contributed by atoms with Gasteiger partial charge in [0, 0.05) is 26.8 Å². The summed E-state index contributed by atoms with van der Waals surface area (Å²) in [6.07, 6.45) is 25.5. The van der Waals surface area contributed by atoms with Crippen molar-refractivity contribution in [3.63, 3.8) is 0 Å². The molecule has 804 valence electrons. The van der Waals surface area contributed by atoms with Gasteiger partial charge in [-0.05, 0) is 265 Å². The molecule has 40 nitrogen and oxygen atoms in total. The summed E-state index contributed by atoms with van der Waals surface area (Å²) in [6.45, 7) is 28.4. The van der Waals surface area contributed by atoms with Crippen LogP contribution in [0.3, 0.4) is 0 Å². The number of aliphatic hydroxyl groups is 4. The van der Waals surface area contributed by atoms with Crippen LogP contribution in [-0.2, 0) is 99.0 Å². The fourth-order valence-corrected chi connectivity index (χ4v) is 16.8. The number of rotatable bonds is 69. The van der Waals surface area contributed by atoms with Gasteiger partial charge in [0.25, 0.3) is 21.6 Å². The van der Waals surface area contributed by atoms with E-state index in [1.807, 2.05) is 6.92 Å². The summed E-state index contributed by atoms with van der Waals surface area (Å²) in [4.78, 5) is 181. The number of hydrogen-bond donors (Lipinski definition) is 16. The molecule has 0 aromatic carbocycles. The van der Waals surface area contributed by atoms with E-state index in [9.17, 15) is 102 Å². The van der Waals surface area contributed by atoms with Crippen molar-refractivity contribution in [2.75, 3.05) is 46.0 Å². The zero-order valence-electron chi connectivity index (χ0n) is 86.5. The fraction of sp³-hybridized carbons (Fsp3) is 0.660. The van der Waals surface area contributed by atoms with Gasteiger partial charge >= 0.3 is 0 Å². The standard InChI is InChI=1S/C100H166N12O28P2/c1-62(2)31-21-32-63(3)33-22-34-64(4)35-23-36-65(5)37-24-38-66(6)39-25-40-67(7)41-26-42-68(8)43-27-44-69(9)45-28-46-70(10)47-29-48-71(11)49-30-50-72(12)54-56-134-141(130,131)140-142(132,133)139-100-88(110-78(18)116)92(91(82(61-114)137-100)138-99-87(109-77(17)115)90(122)89(121)81(60-113)136-99)135-76(16)96(126)106-74(14)95(125)112-79(93(102)123)52-53-83(117)111-80(97(127)107-73(13)94(124)108-75(15)98(128)129)51-19-20-55-103-85(119)58-105-86(120)59-104-84(118)57-101/h31,33,35,37,39,41,43,45,47,49,54,73-76,79-82,87-92,99-100,113-114,121-122H,19-30,32,34,36,38,40,42,44,46,48,50-53,55-61,101H2,1-18H3,(H2,102,123)(H,103,119)(H,104,118)(H,105,120)(H,106,126)(H,107,127)(H,108,124)(H,109,115)(H,110,116)(H,111,117)(H,112,125)(H,128,129)(H,130,131)(H,132,133)/p-2/b63-33+,64-35+,65-37-,66-39-,67-41-,68-43-,69-45-,70-47-,71-49-,72-54-/t73-,74+,75-,76-,79-,80+,81-,82-,87-,88-,89-,90-,91-,92-,99+,100-/m1/s1. The van der Waals surface area contributed by atoms with Crippen LogP contribution in [-0.4, -0.2) is 235 Å². The molecule has 0 bridgehead atoms. The summed E-state index contributed by atoms with van der Waals surface area (Å²) in [5.74, 6) is -11.6. The lowest BCUT2D eigenvalue weighted by atomic mass is 9.94. The second-order valence-electron chi connectivity index (χ2n) is 37.1. The molecular weight excluding hydrogens is 1880 g/mol. The molecular formula is C100H164N12O28P2-2. The van der Waals surface area contributed by atoms with Crippen LogP contribution in [0.4, 0.5) is 0 Å². The molecule has 2 fully saturated rings. The van der Waals surface area contributed by atoms with Gasteiger partial charge in [-0.3, -0.25) is 66.4 Å². The van der Waals surface area contributed by atoms with E-state index < -0.39 is 230 Å². The fourth-order valence-electron chi connectivity index (χ4n) is 14.8. The van der Waals surface area contributed by atoms with E-state index in [1.54, 1.807) is 6.92 Å². The second kappa shape index (κ2) is 69.7. The average molecular weight is 2040 g/mol. The first kappa shape index (κ1) is 129. The third kappa shape index (κ3) is 56.2. The van der Waals surface area contributed by atoms with Crippen molar-refractivity contribution in [2.24, 2.45) is 5.73 Å². The largest absolute Gasteiger partial charge is 0.756 e. The van der Waals surface area contributed by atoms with Crippen molar-refractivity contribution in [3.8, 4) is 0 Å². The maximum absolute atomic E-state index is 14.2. The highest BCUT2D eigenvalue weighted by Crippen LogP contribution is 2.57. The molecule has 0 aromatic rings. The van der Waals surface area contributed by atoms with Crippen LogP contribution in [0.2, 0.25) is 0 Å². The summed E-state index contributed by atoms with van der Waals surface area (Å²) < 4.78 is 65.6. The first-order valence-corrected chi connectivity index (χ1v) is 51.9. The highest BCUT2D eigenvalue weighted by Gasteiger charge is 2.54. The quantitative estimate of drug-likeness (QED) is 0.0195. The van der Waals surface area contributed by atoms with Crippen molar-refractivity contribution >= 4 is 86.6 Å². The molecule has 2 aliphatic rings. The summed E-state index contributed by atoms with van der Waals surface area (Å²) in [5, 5.41) is 77.9. The van der Waals surface area contributed by atoms with Gasteiger partial charge in [-0.25, -0.2) is 4.31 Å². The molecule has 42 heteroatoms. The normalized spacial score (nSPS) is 21.4. The lowest BCUT2D eigenvalue weighted by molar-refractivity contribution is -0.355. The smallest absolute Gasteiger partial charge is 0.276 e. The number of carboxylic acid groups (broad SMARTS) is 1. The van der Waals surface area contributed by atoms with Crippen LogP contribution in [0.5, 0.6) is 0 Å². The molecule has 0 radical (unpaired) electrons. The summed E-state index contributed by atoms with van der Waals surface area (Å²) in [7, 11) is -12.2. The van der Waals surface area contributed by atoms with Crippen LogP contribution >= 0.6 is 15.6 Å². The summed E-state index contributed by atoms with van der Waals surface area (Å²) in [6, 6.07) is -11.4. The number of carbonyl (C=O) groups excluding carboxylic acids is 12. The van der Waals surface area contributed by atoms with Gasteiger partial charge in [-0.2, -0.15) is 0 Å². The number of primary amides is 1. The lowest BCUT2D eigenvalue weighted by Crippen LogP contribution is -2.70. The number of quaternary nitrogens is 1. The maximum Gasteiger partial charge on any atom is 0.276 e. The molecule has 11 amide bonds. The Morgan fingerprint density at radius 1 is 0.423 bits per heavy atom. The molecule has 142 heavy (non-hydrogen) atoms. The van der Waals surface area contributed by atoms with Crippen molar-refractivity contribution in [2.45, 2.75) is 383 Å². The Labute approximate surface area is 838 Å². The highest BCUT2D eigenvalue weighted by atomic mass is 31.3. The number of carbonyl (C=O) groups is 12. The van der Waals surface area contributed by atoms with Crippen LogP contribution < -0.4 is 79.5 Å². The number of amides is 11. The number of aliphatic carboxylic acids is 1. The monoisotopic (exact) mass is 2040 g/mol. The number of allylic oxidation sites excluding steroid dienone is 21. The van der Waals surface area contributed by atoms with Gasteiger partial charge in [-0.1, -0.05) is 128 Å². The molecule has 2 heterocycles. The number of phosphoric ester groups is 2. The number of phosphoric acid groups is 2. The van der Waals surface area contributed by atoms with Crippen molar-refractivity contribution in [3.05, 3.63) is 128 Å². The SMILES string of the molecule is CC(=O)N[C@H]1[C@H](O[C@H]2[C@H](O[C@H](C)C(=O)N[C@@H](C)C(=O)N[C@H](CCC(=O)N[C@@H](CCCCNC(=O)CNC(=O)CNC(=O)C[NH3+])C(=O)N[C@H](C)C(=O)N[C@H](C)C(=O)[O-])C(N)=O)[C@@H](NC(C)=O)[C@@H](OP(=O)([O-])OP(=O)([O-])OC/C=C(/C)CC/C=C(/C)CC/C=C(/C)CC/C=C(/C)CC/C=C(/C)CC/C=C(/C)CC/C=C(/C)CC/C=C(/C)CC/C=C(\C)CC/C=C(\C)CCC=C(C)C)O[C@@H]2CO)O[C@H](CO)[C@@H](O)[C@@H]1O. The van der Waals surface area contributed by atoms with Gasteiger partial charge in [-0.15, -0.1) is 0 Å². The molecule has 18 atom stereocenters. The number of carboxylic acids is 1. The van der Waals surface area contributed by atoms with Gasteiger partial charge < -0.3 is 128 Å². The number of aliphatic hydroxyl groups excluding tert-OH is 4. The molecule has 0 spiro atoms. The predicted molar refractivity (Wildman–Crippen MR) is 531 cm³/mol. The molecule has 2 unspecified atom stereocenters. The van der Waals surface area contributed by atoms with E-state index >= 15 is 0 Å². The zero-order valence-corrected chi connectivity index (χ0v) is 88.3. The molecule has 0 aromatic heterocycles. The predicted octanol–water partition coefficient (Wildman–Crippen LogP) is 5.79. The molecule has 0 saturated carbocycles. The van der Waals surface area contributed by atoms with Crippen LogP contribution in [0, 0.1) is 0 Å². The third-order valence-electron chi connectivity index (χ3n) is 23.5. The van der Waals surface area contributed by atoms with E-state index in [0.717, 1.165) is 156 Å². The number of ether oxygens (including phenoxy) is 4. The number of nitrogens with one attached hydrogen (secondary N) is 10. The van der Waals surface area contributed by atoms with E-state index in [4.69, 9.17) is 33.7 Å². The van der Waals surface area contributed by atoms with E-state index in [2.05, 4.69) is 193 Å². The topological polar surface area (TPSA) is 628 Å². The Bertz CT molecular complexity index is 4540. The first-order valence-electron chi connectivity index (χ1n) is 49.0. The Morgan fingerprint density at radius 3 is 1.22 bits per heavy atom. The van der Waals surface area contributed by atoms with Crippen molar-refractivity contribution in [1.29, 1.82) is 0 Å². The minimum atomic E-state index is -6.29. The summed E-state index contributed by atoms with van der Waals surface area (Å²) in [5.41, 5.74) is 23.7. The van der Waals surface area contributed by atoms with Crippen molar-refractivity contribution < 1.29 is 140 Å². The Morgan fingerprint density at radius 2 is 0.810 bits per heavy atom. The maximum atomic E-state index is 14.2. The average Bonchev–Trinajstić information content (AvgIpc) is 0.762. The molecule has 2 saturated heterocycles. The highest BCUT2D eigenvalue weighted by molar-refractivity contribution is 7.59. The van der Waals surface area contributed by atoms with E-state index in [0.29, 0.717) is 18.4 Å². The number of unbranched alkanes of at least 4 members (excludes halogenated alkanes) is 1. The summed E-state index contributed by atoms with van der Waals surface area (Å²) >= 11 is 0. The first-order chi connectivity index (χ1) is 66.8. The van der Waals surface area contributed by atoms with Gasteiger partial charge in [0.1, 0.15) is 79.0 Å². The molecule has 2 rings (SSSR count). The van der Waals surface area contributed by atoms with Gasteiger partial charge in [0.05, 0.1) is 44.9 Å². The Kier molecular flexibility index (Phi) is 63.1. The minimum Gasteiger partial charge on any atom is -0.756 e. The zero-order chi connectivity index (χ0) is 107. The number of hydrogen-bond acceptors (Lipinski definition) is 28. The van der Waals surface area contributed by atoms with Gasteiger partial charge in [0.15, 0.2) is 19.1 Å². The van der Waals surface area contributed by atoms with E-state index in [1.165, 1.54) is 63.2 Å². The lowest BCUT2D eigenvalue weighted by Gasteiger charge is -2.50. The second-order valence-corrected chi connectivity index (χ2v) is 40.0. The van der Waals surface area contributed by atoms with Gasteiger partial charge in [0.2, 0.25) is 59.1 Å². The van der Waals surface area contributed by atoms with Crippen LogP contribution in [0.1, 0.15) is 285 Å².